The number of hydrogen-bond donors (Lipinski definition) is 2. The highest BCUT2D eigenvalue weighted by molar-refractivity contribution is 6.42. The van der Waals surface area contributed by atoms with Crippen LogP contribution >= 0.6 is 23.2 Å². The lowest BCUT2D eigenvalue weighted by Crippen LogP contribution is -2.38. The first-order valence-electron chi connectivity index (χ1n) is 5.40. The van der Waals surface area contributed by atoms with Gasteiger partial charge >= 0.3 is 5.97 Å². The van der Waals surface area contributed by atoms with Gasteiger partial charge in [0.15, 0.2) is 6.10 Å². The molecule has 19 heavy (non-hydrogen) atoms. The van der Waals surface area contributed by atoms with Crippen LogP contribution in [0.1, 0.15) is 5.56 Å². The quantitative estimate of drug-likeness (QED) is 0.839. The van der Waals surface area contributed by atoms with Gasteiger partial charge < -0.3 is 15.2 Å². The van der Waals surface area contributed by atoms with Crippen LogP contribution in [0, 0.1) is 0 Å². The van der Waals surface area contributed by atoms with Crippen LogP contribution < -0.4 is 5.32 Å². The first-order valence-corrected chi connectivity index (χ1v) is 6.16. The molecule has 0 aliphatic rings. The van der Waals surface area contributed by atoms with Crippen LogP contribution in [-0.4, -0.2) is 36.7 Å². The Kier molecular flexibility index (Phi) is 6.08. The number of carboxylic acid groups (broad SMARTS) is 1. The van der Waals surface area contributed by atoms with E-state index in [4.69, 9.17) is 33.0 Å². The van der Waals surface area contributed by atoms with Crippen LogP contribution in [0.3, 0.4) is 0 Å². The molecule has 1 atom stereocenters. The van der Waals surface area contributed by atoms with Gasteiger partial charge in [0, 0.05) is 7.11 Å². The van der Waals surface area contributed by atoms with Crippen LogP contribution in [0.2, 0.25) is 10.0 Å². The van der Waals surface area contributed by atoms with Crippen molar-refractivity contribution in [2.75, 3.05) is 13.7 Å². The Morgan fingerprint density at radius 3 is 2.58 bits per heavy atom. The summed E-state index contributed by atoms with van der Waals surface area (Å²) in [5.41, 5.74) is 0.691. The summed E-state index contributed by atoms with van der Waals surface area (Å²) in [4.78, 5) is 22.3. The number of nitrogens with one attached hydrogen (secondary N) is 1. The summed E-state index contributed by atoms with van der Waals surface area (Å²) < 4.78 is 4.69. The van der Waals surface area contributed by atoms with Crippen molar-refractivity contribution in [2.24, 2.45) is 0 Å². The van der Waals surface area contributed by atoms with E-state index < -0.39 is 12.1 Å². The normalized spacial score (nSPS) is 11.9. The second-order valence-electron chi connectivity index (χ2n) is 3.79. The molecule has 0 saturated carbocycles. The predicted octanol–water partition coefficient (Wildman–Crippen LogP) is 1.75. The summed E-state index contributed by atoms with van der Waals surface area (Å²) in [6, 6.07) is 4.87. The first kappa shape index (κ1) is 15.8. The van der Waals surface area contributed by atoms with Gasteiger partial charge in [0.05, 0.1) is 23.0 Å². The van der Waals surface area contributed by atoms with Gasteiger partial charge in [-0.05, 0) is 17.7 Å². The van der Waals surface area contributed by atoms with Gasteiger partial charge in [0.1, 0.15) is 0 Å². The summed E-state index contributed by atoms with van der Waals surface area (Å²) in [5, 5.41) is 12.0. The smallest absolute Gasteiger partial charge is 0.334 e. The Labute approximate surface area is 120 Å². The third-order valence-corrected chi connectivity index (χ3v) is 3.13. The van der Waals surface area contributed by atoms with Gasteiger partial charge in [-0.2, -0.15) is 0 Å². The molecule has 1 unspecified atom stereocenters. The number of carbonyl (C=O) groups is 2. The third kappa shape index (κ3) is 5.06. The minimum Gasteiger partial charge on any atom is -0.479 e. The lowest BCUT2D eigenvalue weighted by molar-refractivity contribution is -0.148. The van der Waals surface area contributed by atoms with E-state index in [9.17, 15) is 9.59 Å². The molecule has 7 heteroatoms. The molecule has 0 aromatic heterocycles. The highest BCUT2D eigenvalue weighted by atomic mass is 35.5. The van der Waals surface area contributed by atoms with Gasteiger partial charge in [-0.15, -0.1) is 0 Å². The maximum absolute atomic E-state index is 11.6. The topological polar surface area (TPSA) is 75.6 Å². The Morgan fingerprint density at radius 1 is 1.37 bits per heavy atom. The monoisotopic (exact) mass is 305 g/mol. The van der Waals surface area contributed by atoms with Crippen molar-refractivity contribution >= 4 is 35.1 Å². The standard InChI is InChI=1S/C12H13Cl2NO4/c1-19-10(12(17)18)6-15-11(16)5-7-2-3-8(13)9(14)4-7/h2-4,10H,5-6H2,1H3,(H,15,16)(H,17,18). The van der Waals surface area contributed by atoms with E-state index in [2.05, 4.69) is 5.32 Å². The molecule has 0 bridgehead atoms. The van der Waals surface area contributed by atoms with Crippen molar-refractivity contribution in [2.45, 2.75) is 12.5 Å². The van der Waals surface area contributed by atoms with E-state index in [-0.39, 0.29) is 18.9 Å². The number of ether oxygens (including phenoxy) is 1. The van der Waals surface area contributed by atoms with Crippen LogP contribution in [-0.2, 0) is 20.7 Å². The van der Waals surface area contributed by atoms with Crippen LogP contribution in [0.4, 0.5) is 0 Å². The van der Waals surface area contributed by atoms with Crippen molar-refractivity contribution < 1.29 is 19.4 Å². The molecular weight excluding hydrogens is 293 g/mol. The Balaban J connectivity index is 2.51. The number of carbonyl (C=O) groups excluding carboxylic acids is 1. The molecule has 1 aromatic rings. The van der Waals surface area contributed by atoms with Gasteiger partial charge in [0.2, 0.25) is 5.91 Å². The van der Waals surface area contributed by atoms with Crippen molar-refractivity contribution in [1.29, 1.82) is 0 Å². The molecule has 0 aliphatic carbocycles. The molecule has 104 valence electrons. The summed E-state index contributed by atoms with van der Waals surface area (Å²) in [6.07, 6.45) is -0.967. The number of rotatable bonds is 6. The number of methoxy groups -OCH3 is 1. The van der Waals surface area contributed by atoms with Crippen molar-refractivity contribution in [1.82, 2.24) is 5.32 Å². The van der Waals surface area contributed by atoms with E-state index in [1.54, 1.807) is 18.2 Å². The fourth-order valence-electron chi connectivity index (χ4n) is 1.38. The maximum Gasteiger partial charge on any atom is 0.334 e. The third-order valence-electron chi connectivity index (χ3n) is 2.39. The fraction of sp³-hybridized carbons (Fsp3) is 0.333. The van der Waals surface area contributed by atoms with E-state index in [0.29, 0.717) is 15.6 Å². The van der Waals surface area contributed by atoms with Crippen LogP contribution in [0.25, 0.3) is 0 Å². The lowest BCUT2D eigenvalue weighted by atomic mass is 10.1. The second-order valence-corrected chi connectivity index (χ2v) is 4.61. The van der Waals surface area contributed by atoms with Crippen molar-refractivity contribution in [3.8, 4) is 0 Å². The predicted molar refractivity (Wildman–Crippen MR) is 71.6 cm³/mol. The molecule has 0 spiro atoms. The zero-order valence-electron chi connectivity index (χ0n) is 10.2. The summed E-state index contributed by atoms with van der Waals surface area (Å²) >= 11 is 11.6. The SMILES string of the molecule is COC(CNC(=O)Cc1ccc(Cl)c(Cl)c1)C(=O)O. The molecule has 0 saturated heterocycles. The number of benzene rings is 1. The highest BCUT2D eigenvalue weighted by Gasteiger charge is 2.17. The maximum atomic E-state index is 11.6. The summed E-state index contributed by atoms with van der Waals surface area (Å²) in [6.45, 7) is -0.0913. The first-order chi connectivity index (χ1) is 8.93. The molecule has 0 fully saturated rings. The fourth-order valence-corrected chi connectivity index (χ4v) is 1.70. The average molecular weight is 306 g/mol. The molecule has 1 aromatic carbocycles. The number of aliphatic carboxylic acids is 1. The van der Waals surface area contributed by atoms with Gasteiger partial charge in [-0.1, -0.05) is 29.3 Å². The summed E-state index contributed by atoms with van der Waals surface area (Å²) in [5.74, 6) is -1.45. The lowest BCUT2D eigenvalue weighted by Gasteiger charge is -2.11. The molecular formula is C12H13Cl2NO4. The van der Waals surface area contributed by atoms with Crippen LogP contribution in [0.15, 0.2) is 18.2 Å². The van der Waals surface area contributed by atoms with E-state index in [0.717, 1.165) is 0 Å². The van der Waals surface area contributed by atoms with Crippen molar-refractivity contribution in [3.63, 3.8) is 0 Å². The summed E-state index contributed by atoms with van der Waals surface area (Å²) in [7, 11) is 1.27. The second kappa shape index (κ2) is 7.33. The zero-order valence-corrected chi connectivity index (χ0v) is 11.7. The van der Waals surface area contributed by atoms with E-state index in [1.807, 2.05) is 0 Å². The molecule has 0 radical (unpaired) electrons. The highest BCUT2D eigenvalue weighted by Crippen LogP contribution is 2.22. The Morgan fingerprint density at radius 2 is 2.05 bits per heavy atom. The van der Waals surface area contributed by atoms with Gasteiger partial charge in [0.25, 0.3) is 0 Å². The molecule has 5 nitrogen and oxygen atoms in total. The number of hydrogen-bond acceptors (Lipinski definition) is 3. The van der Waals surface area contributed by atoms with Crippen molar-refractivity contribution in [3.05, 3.63) is 33.8 Å². The number of carboxylic acids is 1. The molecule has 2 N–H and O–H groups in total. The van der Waals surface area contributed by atoms with Gasteiger partial charge in [-0.25, -0.2) is 4.79 Å². The molecule has 1 rings (SSSR count). The zero-order chi connectivity index (χ0) is 14.4. The Hall–Kier alpha value is -1.30. The molecule has 0 aliphatic heterocycles. The molecule has 1 amide bonds. The van der Waals surface area contributed by atoms with Crippen LogP contribution in [0.5, 0.6) is 0 Å². The van der Waals surface area contributed by atoms with Gasteiger partial charge in [-0.3, -0.25) is 4.79 Å². The number of halogens is 2. The Bertz CT molecular complexity index is 479. The average Bonchev–Trinajstić information content (AvgIpc) is 2.34. The minimum absolute atomic E-state index is 0.0902. The number of amides is 1. The minimum atomic E-state index is -1.13. The molecule has 0 heterocycles. The van der Waals surface area contributed by atoms with E-state index in [1.165, 1.54) is 7.11 Å². The van der Waals surface area contributed by atoms with E-state index >= 15 is 0 Å². The largest absolute Gasteiger partial charge is 0.479 e.